The molecule has 1 heterocycles. The van der Waals surface area contributed by atoms with Crippen LogP contribution in [0, 0.1) is 0 Å². The van der Waals surface area contributed by atoms with Crippen LogP contribution in [0.4, 0.5) is 30.4 Å². The first-order valence-corrected chi connectivity index (χ1v) is 10.1. The Balaban J connectivity index is 1.91. The fraction of sp³-hybridized carbons (Fsp3) is 0.227. The Bertz CT molecular complexity index is 1120. The van der Waals surface area contributed by atoms with E-state index in [1.807, 2.05) is 0 Å². The molecule has 0 unspecified atom stereocenters. The number of aromatic nitrogens is 2. The number of phenolic OH excluding ortho intramolecular Hbond substituents is 1. The molecule has 0 saturated heterocycles. The van der Waals surface area contributed by atoms with Crippen molar-refractivity contribution >= 4 is 34.7 Å². The van der Waals surface area contributed by atoms with Gasteiger partial charge in [-0.2, -0.15) is 13.2 Å². The maximum absolute atomic E-state index is 13.2. The van der Waals surface area contributed by atoms with Crippen LogP contribution >= 0.6 is 11.6 Å². The molecule has 33 heavy (non-hydrogen) atoms. The number of rotatable bonds is 7. The molecular formula is C22H21ClF3N5O2. The summed E-state index contributed by atoms with van der Waals surface area (Å²) in [5, 5.41) is 12.6. The van der Waals surface area contributed by atoms with Gasteiger partial charge in [-0.05, 0) is 56.6 Å². The summed E-state index contributed by atoms with van der Waals surface area (Å²) >= 11 is 6.25. The summed E-state index contributed by atoms with van der Waals surface area (Å²) < 4.78 is 39.6. The second-order valence-corrected chi connectivity index (χ2v) is 7.79. The molecule has 0 bridgehead atoms. The summed E-state index contributed by atoms with van der Waals surface area (Å²) in [6.07, 6.45) is -2.07. The molecule has 0 spiro atoms. The quantitative estimate of drug-likeness (QED) is 0.511. The molecule has 7 nitrogen and oxygen atoms in total. The van der Waals surface area contributed by atoms with E-state index in [-0.39, 0.29) is 35.2 Å². The zero-order chi connectivity index (χ0) is 24.2. The Hall–Kier alpha value is -3.37. The maximum Gasteiger partial charge on any atom is 0.471 e. The van der Waals surface area contributed by atoms with Crippen LogP contribution in [0.3, 0.4) is 0 Å². The van der Waals surface area contributed by atoms with Gasteiger partial charge in [0.05, 0.1) is 28.8 Å². The first kappa shape index (κ1) is 24.3. The third-order valence-electron chi connectivity index (χ3n) is 4.58. The SMILES string of the molecule is CN(C)CCN(C(=O)C(F)(F)F)c1ccc(Cl)c(Nc2cncc(-c3ccc(O)cc3)n2)c1. The number of carbonyl (C=O) groups excluding carboxylic acids is 1. The molecule has 1 amide bonds. The van der Waals surface area contributed by atoms with E-state index < -0.39 is 12.1 Å². The third-order valence-corrected chi connectivity index (χ3v) is 4.91. The van der Waals surface area contributed by atoms with Crippen LogP contribution in [-0.2, 0) is 4.79 Å². The molecule has 3 aromatic rings. The van der Waals surface area contributed by atoms with Crippen molar-refractivity contribution in [1.82, 2.24) is 14.9 Å². The number of hydrogen-bond acceptors (Lipinski definition) is 6. The second-order valence-electron chi connectivity index (χ2n) is 7.38. The first-order chi connectivity index (χ1) is 15.5. The topological polar surface area (TPSA) is 81.6 Å². The van der Waals surface area contributed by atoms with Crippen molar-refractivity contribution in [2.24, 2.45) is 0 Å². The lowest BCUT2D eigenvalue weighted by molar-refractivity contribution is -0.170. The van der Waals surface area contributed by atoms with Crippen molar-refractivity contribution in [2.45, 2.75) is 6.18 Å². The number of carbonyl (C=O) groups is 1. The Morgan fingerprint density at radius 1 is 1.09 bits per heavy atom. The predicted molar refractivity (Wildman–Crippen MR) is 121 cm³/mol. The molecule has 0 aliphatic heterocycles. The van der Waals surface area contributed by atoms with Crippen molar-refractivity contribution in [3.05, 3.63) is 59.9 Å². The average molecular weight is 480 g/mol. The van der Waals surface area contributed by atoms with Gasteiger partial charge < -0.3 is 20.2 Å². The van der Waals surface area contributed by atoms with Crippen LogP contribution in [-0.4, -0.2) is 59.2 Å². The number of likely N-dealkylation sites (N-methyl/N-ethyl adjacent to an activating group) is 1. The smallest absolute Gasteiger partial charge is 0.471 e. The first-order valence-electron chi connectivity index (χ1n) is 9.76. The Morgan fingerprint density at radius 2 is 1.79 bits per heavy atom. The van der Waals surface area contributed by atoms with Gasteiger partial charge in [-0.25, -0.2) is 4.98 Å². The lowest BCUT2D eigenvalue weighted by Gasteiger charge is -2.26. The highest BCUT2D eigenvalue weighted by Crippen LogP contribution is 2.32. The fourth-order valence-electron chi connectivity index (χ4n) is 2.91. The molecule has 174 valence electrons. The minimum atomic E-state index is -5.02. The summed E-state index contributed by atoms with van der Waals surface area (Å²) in [6.45, 7) is 0.0654. The van der Waals surface area contributed by atoms with Crippen LogP contribution in [0.25, 0.3) is 11.3 Å². The lowest BCUT2D eigenvalue weighted by Crippen LogP contribution is -2.44. The van der Waals surface area contributed by atoms with Gasteiger partial charge in [-0.1, -0.05) is 11.6 Å². The number of nitrogens with zero attached hydrogens (tertiary/aromatic N) is 4. The minimum Gasteiger partial charge on any atom is -0.508 e. The van der Waals surface area contributed by atoms with E-state index in [0.29, 0.717) is 22.0 Å². The molecule has 2 N–H and O–H groups in total. The molecule has 0 aliphatic rings. The van der Waals surface area contributed by atoms with Gasteiger partial charge in [0.15, 0.2) is 0 Å². The number of alkyl halides is 3. The van der Waals surface area contributed by atoms with Gasteiger partial charge in [-0.3, -0.25) is 9.78 Å². The van der Waals surface area contributed by atoms with E-state index in [9.17, 15) is 23.1 Å². The monoisotopic (exact) mass is 479 g/mol. The normalized spacial score (nSPS) is 11.5. The highest BCUT2D eigenvalue weighted by Gasteiger charge is 2.43. The van der Waals surface area contributed by atoms with Gasteiger partial charge in [0, 0.05) is 24.3 Å². The molecule has 0 atom stereocenters. The van der Waals surface area contributed by atoms with Crippen molar-refractivity contribution < 1.29 is 23.1 Å². The molecule has 1 aromatic heterocycles. The molecular weight excluding hydrogens is 459 g/mol. The minimum absolute atomic E-state index is 0.0359. The van der Waals surface area contributed by atoms with Crippen molar-refractivity contribution in [1.29, 1.82) is 0 Å². The van der Waals surface area contributed by atoms with Crippen LogP contribution < -0.4 is 10.2 Å². The second kappa shape index (κ2) is 10.1. The summed E-state index contributed by atoms with van der Waals surface area (Å²) in [7, 11) is 3.40. The van der Waals surface area contributed by atoms with E-state index in [1.54, 1.807) is 31.1 Å². The standard InChI is InChI=1S/C22H21ClF3N5O2/c1-30(2)9-10-31(21(33)22(24,25)26)15-5-8-17(23)18(11-15)28-20-13-27-12-19(29-20)14-3-6-16(32)7-4-14/h3-8,11-13,32H,9-10H2,1-2H3,(H,28,29). The largest absolute Gasteiger partial charge is 0.508 e. The van der Waals surface area contributed by atoms with Gasteiger partial charge in [0.25, 0.3) is 0 Å². The van der Waals surface area contributed by atoms with Crippen LogP contribution in [0.1, 0.15) is 0 Å². The Labute approximate surface area is 193 Å². The van der Waals surface area contributed by atoms with Crippen LogP contribution in [0.2, 0.25) is 5.02 Å². The molecule has 0 aliphatic carbocycles. The van der Waals surface area contributed by atoms with Crippen molar-refractivity contribution in [2.75, 3.05) is 37.4 Å². The number of hydrogen-bond donors (Lipinski definition) is 2. The maximum atomic E-state index is 13.2. The van der Waals surface area contributed by atoms with Crippen molar-refractivity contribution in [3.8, 4) is 17.0 Å². The summed E-state index contributed by atoms with van der Waals surface area (Å²) in [5.41, 5.74) is 1.51. The van der Waals surface area contributed by atoms with E-state index in [0.717, 1.165) is 0 Å². The van der Waals surface area contributed by atoms with E-state index in [4.69, 9.17) is 11.6 Å². The molecule has 0 fully saturated rings. The summed E-state index contributed by atoms with van der Waals surface area (Å²) in [6, 6.07) is 10.5. The van der Waals surface area contributed by atoms with Crippen LogP contribution in [0.5, 0.6) is 5.75 Å². The van der Waals surface area contributed by atoms with Gasteiger partial charge in [-0.15, -0.1) is 0 Å². The van der Waals surface area contributed by atoms with Gasteiger partial charge in [0.1, 0.15) is 11.6 Å². The van der Waals surface area contributed by atoms with Crippen LogP contribution in [0.15, 0.2) is 54.9 Å². The predicted octanol–water partition coefficient (Wildman–Crippen LogP) is 4.70. The molecule has 3 rings (SSSR count). The van der Waals surface area contributed by atoms with Gasteiger partial charge in [0.2, 0.25) is 0 Å². The number of anilines is 3. The number of benzene rings is 2. The van der Waals surface area contributed by atoms with E-state index >= 15 is 0 Å². The molecule has 11 heteroatoms. The Kier molecular flexibility index (Phi) is 7.39. The lowest BCUT2D eigenvalue weighted by atomic mass is 10.1. The van der Waals surface area contributed by atoms with E-state index in [1.165, 1.54) is 42.7 Å². The molecule has 2 aromatic carbocycles. The highest BCUT2D eigenvalue weighted by atomic mass is 35.5. The fourth-order valence-corrected chi connectivity index (χ4v) is 3.08. The number of phenols is 1. The highest BCUT2D eigenvalue weighted by molar-refractivity contribution is 6.33. The third kappa shape index (κ3) is 6.33. The number of amides is 1. The molecule has 0 saturated carbocycles. The van der Waals surface area contributed by atoms with Crippen molar-refractivity contribution in [3.63, 3.8) is 0 Å². The summed E-state index contributed by atoms with van der Waals surface area (Å²) in [5.74, 6) is -1.56. The zero-order valence-electron chi connectivity index (χ0n) is 17.8. The summed E-state index contributed by atoms with van der Waals surface area (Å²) in [4.78, 5) is 23.0. The number of nitrogens with one attached hydrogen (secondary N) is 1. The Morgan fingerprint density at radius 3 is 2.42 bits per heavy atom. The number of halogens is 4. The zero-order valence-corrected chi connectivity index (χ0v) is 18.5. The average Bonchev–Trinajstić information content (AvgIpc) is 2.75. The van der Waals surface area contributed by atoms with E-state index in [2.05, 4.69) is 15.3 Å². The van der Waals surface area contributed by atoms with Gasteiger partial charge >= 0.3 is 12.1 Å². The number of aromatic hydroxyl groups is 1. The molecule has 0 radical (unpaired) electrons.